The van der Waals surface area contributed by atoms with Gasteiger partial charge in [-0.2, -0.15) is 0 Å². The molecule has 3 aromatic rings. The number of nitrogens with zero attached hydrogens (tertiary/aromatic N) is 3. The van der Waals surface area contributed by atoms with Gasteiger partial charge in [-0.15, -0.1) is 0 Å². The number of hydrogen-bond acceptors (Lipinski definition) is 6. The lowest BCUT2D eigenvalue weighted by molar-refractivity contribution is -0.110. The Morgan fingerprint density at radius 2 is 1.97 bits per heavy atom. The van der Waals surface area contributed by atoms with Gasteiger partial charge in [-0.3, -0.25) is 14.2 Å². The second kappa shape index (κ2) is 7.39. The molecule has 2 aliphatic heterocycles. The maximum absolute atomic E-state index is 13.3. The van der Waals surface area contributed by atoms with E-state index in [-0.39, 0.29) is 11.5 Å². The number of ether oxygens (including phenoxy) is 1. The molecule has 0 fully saturated rings. The lowest BCUT2D eigenvalue weighted by Gasteiger charge is -2.26. The standard InChI is InChI=1S/C23H22N4O3S/c1-4-30-16-7-8-18-17(10-16)19(21(28)25-18)20-22(29)27-12-26(11-24-23(27)31-20)15-6-5-13(2)14(3)9-15/h5-10H,4,11-12H2,1-3H3,(H,25,28)/b20-19-. The van der Waals surface area contributed by atoms with Crippen LogP contribution in [0.25, 0.3) is 5.57 Å². The van der Waals surface area contributed by atoms with Crippen LogP contribution in [0.1, 0.15) is 23.6 Å². The fraction of sp³-hybridized carbons (Fsp3) is 0.261. The molecule has 2 aliphatic rings. The third-order valence-electron chi connectivity index (χ3n) is 5.68. The predicted octanol–water partition coefficient (Wildman–Crippen LogP) is 2.13. The zero-order valence-corrected chi connectivity index (χ0v) is 18.4. The zero-order chi connectivity index (χ0) is 21.7. The number of hydrogen-bond donors (Lipinski definition) is 1. The molecule has 0 radical (unpaired) electrons. The molecule has 5 rings (SSSR count). The Morgan fingerprint density at radius 3 is 2.74 bits per heavy atom. The lowest BCUT2D eigenvalue weighted by Crippen LogP contribution is -2.43. The topological polar surface area (TPSA) is 75.9 Å². The Balaban J connectivity index is 1.61. The van der Waals surface area contributed by atoms with Gasteiger partial charge in [-0.1, -0.05) is 17.4 Å². The number of carbonyl (C=O) groups is 1. The normalized spacial score (nSPS) is 16.5. The molecule has 0 atom stereocenters. The number of benzene rings is 2. The van der Waals surface area contributed by atoms with E-state index >= 15 is 0 Å². The highest BCUT2D eigenvalue weighted by Gasteiger charge is 2.28. The van der Waals surface area contributed by atoms with Crippen molar-refractivity contribution in [1.29, 1.82) is 0 Å². The number of thiazole rings is 1. The van der Waals surface area contributed by atoms with Gasteiger partial charge in [-0.25, -0.2) is 4.99 Å². The van der Waals surface area contributed by atoms with Crippen molar-refractivity contribution in [2.45, 2.75) is 27.4 Å². The number of rotatable bonds is 3. The second-order valence-corrected chi connectivity index (χ2v) is 8.64. The lowest BCUT2D eigenvalue weighted by atomic mass is 10.1. The minimum Gasteiger partial charge on any atom is -0.494 e. The molecule has 7 nitrogen and oxygen atoms in total. The van der Waals surface area contributed by atoms with Crippen molar-refractivity contribution in [2.24, 2.45) is 4.99 Å². The number of aromatic nitrogens is 1. The van der Waals surface area contributed by atoms with Gasteiger partial charge in [0.05, 0.1) is 12.2 Å². The van der Waals surface area contributed by atoms with Crippen molar-refractivity contribution in [1.82, 2.24) is 4.57 Å². The van der Waals surface area contributed by atoms with Crippen molar-refractivity contribution in [2.75, 3.05) is 23.5 Å². The molecular weight excluding hydrogens is 412 g/mol. The molecule has 0 saturated carbocycles. The van der Waals surface area contributed by atoms with E-state index in [0.717, 1.165) is 5.69 Å². The van der Waals surface area contributed by atoms with Gasteiger partial charge in [0.2, 0.25) is 0 Å². The van der Waals surface area contributed by atoms with Gasteiger partial charge < -0.3 is 15.0 Å². The van der Waals surface area contributed by atoms with Crippen LogP contribution in [0.3, 0.4) is 0 Å². The molecule has 158 valence electrons. The summed E-state index contributed by atoms with van der Waals surface area (Å²) >= 11 is 1.27. The SMILES string of the molecule is CCOc1ccc2c(c1)/C(=c1/sc3n(c1=O)CN(c1ccc(C)c(C)c1)CN=3)C(=O)N2. The molecule has 31 heavy (non-hydrogen) atoms. The smallest absolute Gasteiger partial charge is 0.272 e. The van der Waals surface area contributed by atoms with Gasteiger partial charge in [0.25, 0.3) is 11.5 Å². The Bertz CT molecular complexity index is 1400. The van der Waals surface area contributed by atoms with Crippen LogP contribution in [0.4, 0.5) is 11.4 Å². The number of fused-ring (bicyclic) bond motifs is 2. The third kappa shape index (κ3) is 3.23. The monoisotopic (exact) mass is 434 g/mol. The molecule has 0 unspecified atom stereocenters. The molecule has 1 amide bonds. The van der Waals surface area contributed by atoms with Gasteiger partial charge in [0.15, 0.2) is 4.80 Å². The molecule has 1 N–H and O–H groups in total. The molecule has 0 aliphatic carbocycles. The first-order valence-electron chi connectivity index (χ1n) is 10.2. The maximum atomic E-state index is 13.3. The summed E-state index contributed by atoms with van der Waals surface area (Å²) < 4.78 is 7.64. The summed E-state index contributed by atoms with van der Waals surface area (Å²) in [7, 11) is 0. The van der Waals surface area contributed by atoms with Crippen molar-refractivity contribution in [3.63, 3.8) is 0 Å². The van der Waals surface area contributed by atoms with Gasteiger partial charge >= 0.3 is 0 Å². The van der Waals surface area contributed by atoms with E-state index in [4.69, 9.17) is 4.74 Å². The van der Waals surface area contributed by atoms with Crippen molar-refractivity contribution in [3.8, 4) is 5.75 Å². The Labute approximate surface area is 182 Å². The average molecular weight is 435 g/mol. The van der Waals surface area contributed by atoms with E-state index in [1.54, 1.807) is 4.57 Å². The van der Waals surface area contributed by atoms with Crippen LogP contribution in [-0.4, -0.2) is 23.7 Å². The Kier molecular flexibility index (Phi) is 4.66. The minimum absolute atomic E-state index is 0.197. The molecule has 0 saturated heterocycles. The summed E-state index contributed by atoms with van der Waals surface area (Å²) in [6.07, 6.45) is 0. The largest absolute Gasteiger partial charge is 0.494 e. The predicted molar refractivity (Wildman–Crippen MR) is 121 cm³/mol. The summed E-state index contributed by atoms with van der Waals surface area (Å²) in [4.78, 5) is 33.4. The van der Waals surface area contributed by atoms with Crippen LogP contribution in [0.15, 0.2) is 46.2 Å². The fourth-order valence-corrected chi connectivity index (χ4v) is 4.93. The second-order valence-electron chi connectivity index (χ2n) is 7.67. The summed E-state index contributed by atoms with van der Waals surface area (Å²) in [5.74, 6) is 0.397. The highest BCUT2D eigenvalue weighted by Crippen LogP contribution is 2.33. The van der Waals surface area contributed by atoms with Gasteiger partial charge in [0, 0.05) is 16.9 Å². The molecule has 8 heteroatoms. The minimum atomic E-state index is -0.272. The molecule has 0 bridgehead atoms. The number of carbonyl (C=O) groups excluding carboxylic acids is 1. The van der Waals surface area contributed by atoms with Crippen molar-refractivity contribution >= 4 is 34.2 Å². The highest BCUT2D eigenvalue weighted by atomic mass is 32.1. The van der Waals surface area contributed by atoms with Crippen LogP contribution >= 0.6 is 11.3 Å². The summed E-state index contributed by atoms with van der Waals surface area (Å²) in [6, 6.07) is 11.7. The van der Waals surface area contributed by atoms with Crippen molar-refractivity contribution < 1.29 is 9.53 Å². The number of nitrogens with one attached hydrogen (secondary N) is 1. The number of anilines is 2. The van der Waals surface area contributed by atoms with E-state index in [0.29, 0.717) is 51.9 Å². The molecular formula is C23H22N4O3S. The van der Waals surface area contributed by atoms with E-state index in [9.17, 15) is 9.59 Å². The molecule has 3 heterocycles. The van der Waals surface area contributed by atoms with Crippen LogP contribution in [-0.2, 0) is 11.5 Å². The van der Waals surface area contributed by atoms with Crippen LogP contribution in [0, 0.1) is 13.8 Å². The van der Waals surface area contributed by atoms with Gasteiger partial charge in [-0.05, 0) is 62.2 Å². The van der Waals surface area contributed by atoms with Crippen molar-refractivity contribution in [3.05, 3.63) is 72.8 Å². The maximum Gasteiger partial charge on any atom is 0.272 e. The quantitative estimate of drug-likeness (QED) is 0.685. The Hall–Kier alpha value is -3.39. The summed E-state index contributed by atoms with van der Waals surface area (Å²) in [5, 5.41) is 2.85. The van der Waals surface area contributed by atoms with Crippen LogP contribution < -0.4 is 29.8 Å². The average Bonchev–Trinajstić information content (AvgIpc) is 3.25. The third-order valence-corrected chi connectivity index (χ3v) is 6.80. The zero-order valence-electron chi connectivity index (χ0n) is 17.6. The van der Waals surface area contributed by atoms with Crippen LogP contribution in [0.5, 0.6) is 5.75 Å². The summed E-state index contributed by atoms with van der Waals surface area (Å²) in [6.45, 7) is 7.45. The van der Waals surface area contributed by atoms with E-state index < -0.39 is 0 Å². The number of aryl methyl sites for hydroxylation is 2. The van der Waals surface area contributed by atoms with Crippen LogP contribution in [0.2, 0.25) is 0 Å². The molecule has 0 spiro atoms. The Morgan fingerprint density at radius 1 is 1.13 bits per heavy atom. The summed E-state index contributed by atoms with van der Waals surface area (Å²) in [5.41, 5.74) is 5.02. The molecule has 1 aromatic heterocycles. The van der Waals surface area contributed by atoms with E-state index in [2.05, 4.69) is 41.2 Å². The van der Waals surface area contributed by atoms with E-state index in [1.165, 1.54) is 22.5 Å². The first-order chi connectivity index (χ1) is 15.0. The number of amides is 1. The molecule has 2 aromatic carbocycles. The highest BCUT2D eigenvalue weighted by molar-refractivity contribution is 7.07. The fourth-order valence-electron chi connectivity index (χ4n) is 3.87. The first-order valence-corrected chi connectivity index (χ1v) is 11.0. The first kappa shape index (κ1) is 19.6. The van der Waals surface area contributed by atoms with E-state index in [1.807, 2.05) is 31.2 Å². The van der Waals surface area contributed by atoms with Gasteiger partial charge in [0.1, 0.15) is 23.6 Å².